The first-order chi connectivity index (χ1) is 15.5. The van der Waals surface area contributed by atoms with Gasteiger partial charge in [0.25, 0.3) is 0 Å². The lowest BCUT2D eigenvalue weighted by Gasteiger charge is -2.15. The van der Waals surface area contributed by atoms with Crippen LogP contribution in [-0.2, 0) is 11.2 Å². The maximum Gasteiger partial charge on any atom is 0.132 e. The number of ketones is 1. The zero-order valence-corrected chi connectivity index (χ0v) is 19.0. The van der Waals surface area contributed by atoms with Gasteiger partial charge in [0.05, 0.1) is 18.9 Å². The molecular weight excluding hydrogens is 402 g/mol. The van der Waals surface area contributed by atoms with Crippen LogP contribution < -0.4 is 9.47 Å². The lowest BCUT2D eigenvalue weighted by Crippen LogP contribution is -2.10. The standard InChI is InChI=1S/C27H31NO4/c1-19(21(3)29)17-23-12-13-26(20(2)27(23)30)32-16-7-6-15-31-24-10-8-9-22(18-24)25-11-4-5-14-28-25/h4-5,8-14,18-19,30H,6-7,15-17H2,1-3H3. The average Bonchev–Trinajstić information content (AvgIpc) is 2.81. The molecule has 0 aliphatic heterocycles. The van der Waals surface area contributed by atoms with Gasteiger partial charge in [0.15, 0.2) is 0 Å². The number of aromatic nitrogens is 1. The highest BCUT2D eigenvalue weighted by Gasteiger charge is 2.15. The third-order valence-corrected chi connectivity index (χ3v) is 5.54. The Labute approximate surface area is 190 Å². The lowest BCUT2D eigenvalue weighted by atomic mass is 9.95. The minimum Gasteiger partial charge on any atom is -0.507 e. The molecule has 3 aromatic rings. The van der Waals surface area contributed by atoms with E-state index >= 15 is 0 Å². The number of phenolic OH excluding ortho intramolecular Hbond substituents is 1. The van der Waals surface area contributed by atoms with Crippen LogP contribution in [0.5, 0.6) is 17.2 Å². The number of carbonyl (C=O) groups excluding carboxylic acids is 1. The number of phenols is 1. The largest absolute Gasteiger partial charge is 0.507 e. The van der Waals surface area contributed by atoms with E-state index in [1.54, 1.807) is 13.1 Å². The van der Waals surface area contributed by atoms with Gasteiger partial charge in [-0.05, 0) is 69.0 Å². The van der Waals surface area contributed by atoms with Crippen molar-refractivity contribution < 1.29 is 19.4 Å². The summed E-state index contributed by atoms with van der Waals surface area (Å²) in [4.78, 5) is 15.9. The molecule has 0 saturated heterocycles. The Hall–Kier alpha value is -3.34. The van der Waals surface area contributed by atoms with Crippen LogP contribution in [0.15, 0.2) is 60.8 Å². The SMILES string of the molecule is CC(=O)C(C)Cc1ccc(OCCCCOc2cccc(-c3ccccn3)c2)c(C)c1O. The van der Waals surface area contributed by atoms with Crippen LogP contribution >= 0.6 is 0 Å². The maximum atomic E-state index is 11.5. The molecular formula is C27H31NO4. The number of Topliss-reactive ketones (excluding diaryl/α,β-unsaturated/α-hetero) is 1. The molecule has 1 atom stereocenters. The first-order valence-electron chi connectivity index (χ1n) is 11.0. The molecule has 3 rings (SSSR count). The van der Waals surface area contributed by atoms with Crippen molar-refractivity contribution in [3.63, 3.8) is 0 Å². The van der Waals surface area contributed by atoms with E-state index in [-0.39, 0.29) is 17.5 Å². The molecule has 0 aliphatic carbocycles. The van der Waals surface area contributed by atoms with E-state index in [0.29, 0.717) is 30.9 Å². The molecule has 168 valence electrons. The Morgan fingerprint density at radius 3 is 2.53 bits per heavy atom. The van der Waals surface area contributed by atoms with Crippen LogP contribution in [0.3, 0.4) is 0 Å². The molecule has 32 heavy (non-hydrogen) atoms. The number of ether oxygens (including phenoxy) is 2. The van der Waals surface area contributed by atoms with Gasteiger partial charge in [-0.3, -0.25) is 9.78 Å². The molecule has 5 heteroatoms. The summed E-state index contributed by atoms with van der Waals surface area (Å²) in [5.74, 6) is 1.72. The van der Waals surface area contributed by atoms with Crippen LogP contribution in [0.1, 0.15) is 37.8 Å². The molecule has 0 amide bonds. The summed E-state index contributed by atoms with van der Waals surface area (Å²) in [7, 11) is 0. The van der Waals surface area contributed by atoms with Crippen LogP contribution in [-0.4, -0.2) is 29.1 Å². The minimum absolute atomic E-state index is 0.114. The van der Waals surface area contributed by atoms with Crippen LogP contribution in [0.4, 0.5) is 0 Å². The summed E-state index contributed by atoms with van der Waals surface area (Å²) in [6, 6.07) is 17.5. The van der Waals surface area contributed by atoms with E-state index in [2.05, 4.69) is 4.98 Å². The minimum atomic E-state index is -0.114. The van der Waals surface area contributed by atoms with E-state index < -0.39 is 0 Å². The normalized spacial score (nSPS) is 11.7. The Morgan fingerprint density at radius 1 is 1.03 bits per heavy atom. The Kier molecular flexibility index (Phi) is 8.26. The number of carbonyl (C=O) groups is 1. The van der Waals surface area contributed by atoms with Gasteiger partial charge >= 0.3 is 0 Å². The van der Waals surface area contributed by atoms with Crippen molar-refractivity contribution in [1.82, 2.24) is 4.98 Å². The van der Waals surface area contributed by atoms with E-state index in [1.807, 2.05) is 68.4 Å². The molecule has 1 unspecified atom stereocenters. The lowest BCUT2D eigenvalue weighted by molar-refractivity contribution is -0.120. The topological polar surface area (TPSA) is 68.7 Å². The van der Waals surface area contributed by atoms with Gasteiger partial charge in [-0.2, -0.15) is 0 Å². The van der Waals surface area contributed by atoms with Crippen molar-refractivity contribution in [2.45, 2.75) is 40.0 Å². The fourth-order valence-electron chi connectivity index (χ4n) is 3.39. The zero-order valence-electron chi connectivity index (χ0n) is 19.0. The van der Waals surface area contributed by atoms with Gasteiger partial charge in [0, 0.05) is 23.2 Å². The van der Waals surface area contributed by atoms with Crippen LogP contribution in [0, 0.1) is 12.8 Å². The monoisotopic (exact) mass is 433 g/mol. The summed E-state index contributed by atoms with van der Waals surface area (Å²) < 4.78 is 11.7. The van der Waals surface area contributed by atoms with Crippen molar-refractivity contribution in [1.29, 1.82) is 0 Å². The van der Waals surface area contributed by atoms with Crippen molar-refractivity contribution >= 4 is 5.78 Å². The fraction of sp³-hybridized carbons (Fsp3) is 0.333. The molecule has 1 heterocycles. The number of benzene rings is 2. The summed E-state index contributed by atoms with van der Waals surface area (Å²) in [5.41, 5.74) is 3.44. The number of aromatic hydroxyl groups is 1. The van der Waals surface area contributed by atoms with Gasteiger partial charge in [-0.15, -0.1) is 0 Å². The number of nitrogens with zero attached hydrogens (tertiary/aromatic N) is 1. The van der Waals surface area contributed by atoms with Crippen LogP contribution in [0.25, 0.3) is 11.3 Å². The van der Waals surface area contributed by atoms with Crippen molar-refractivity contribution in [3.05, 3.63) is 71.9 Å². The van der Waals surface area contributed by atoms with Crippen molar-refractivity contribution in [2.75, 3.05) is 13.2 Å². The predicted octanol–water partition coefficient (Wildman–Crippen LogP) is 5.77. The fourth-order valence-corrected chi connectivity index (χ4v) is 3.39. The second kappa shape index (κ2) is 11.3. The van der Waals surface area contributed by atoms with Gasteiger partial charge in [-0.25, -0.2) is 0 Å². The Balaban J connectivity index is 1.43. The van der Waals surface area contributed by atoms with Crippen molar-refractivity contribution in [2.24, 2.45) is 5.92 Å². The molecule has 1 aromatic heterocycles. The number of unbranched alkanes of at least 4 members (excludes halogenated alkanes) is 1. The smallest absolute Gasteiger partial charge is 0.132 e. The average molecular weight is 434 g/mol. The Morgan fingerprint density at radius 2 is 1.81 bits per heavy atom. The molecule has 0 fully saturated rings. The quantitative estimate of drug-likeness (QED) is 0.389. The van der Waals surface area contributed by atoms with Crippen molar-refractivity contribution in [3.8, 4) is 28.5 Å². The third kappa shape index (κ3) is 6.33. The van der Waals surface area contributed by atoms with Gasteiger partial charge < -0.3 is 14.6 Å². The molecule has 5 nitrogen and oxygen atoms in total. The number of hydrogen-bond donors (Lipinski definition) is 1. The zero-order chi connectivity index (χ0) is 22.9. The van der Waals surface area contributed by atoms with Gasteiger partial charge in [0.1, 0.15) is 23.0 Å². The maximum absolute atomic E-state index is 11.5. The molecule has 0 aliphatic rings. The molecule has 2 aromatic carbocycles. The number of rotatable bonds is 11. The first-order valence-corrected chi connectivity index (χ1v) is 11.0. The summed E-state index contributed by atoms with van der Waals surface area (Å²) in [6.07, 6.45) is 4.00. The highest BCUT2D eigenvalue weighted by Crippen LogP contribution is 2.32. The second-order valence-electron chi connectivity index (χ2n) is 8.06. The van der Waals surface area contributed by atoms with Gasteiger partial charge in [-0.1, -0.05) is 31.2 Å². The summed E-state index contributed by atoms with van der Waals surface area (Å²) >= 11 is 0. The van der Waals surface area contributed by atoms with Crippen LogP contribution in [0.2, 0.25) is 0 Å². The Bertz CT molecular complexity index is 1030. The molecule has 0 bridgehead atoms. The van der Waals surface area contributed by atoms with E-state index in [4.69, 9.17) is 9.47 Å². The molecule has 0 spiro atoms. The molecule has 0 radical (unpaired) electrons. The third-order valence-electron chi connectivity index (χ3n) is 5.54. The highest BCUT2D eigenvalue weighted by molar-refractivity contribution is 5.78. The summed E-state index contributed by atoms with van der Waals surface area (Å²) in [5, 5.41) is 10.5. The van der Waals surface area contributed by atoms with E-state index in [1.165, 1.54) is 0 Å². The molecule has 0 saturated carbocycles. The van der Waals surface area contributed by atoms with Gasteiger partial charge in [0.2, 0.25) is 0 Å². The highest BCUT2D eigenvalue weighted by atomic mass is 16.5. The first kappa shape index (κ1) is 23.3. The second-order valence-corrected chi connectivity index (χ2v) is 8.06. The van der Waals surface area contributed by atoms with E-state index in [0.717, 1.165) is 35.4 Å². The van der Waals surface area contributed by atoms with E-state index in [9.17, 15) is 9.90 Å². The number of pyridine rings is 1. The predicted molar refractivity (Wildman–Crippen MR) is 126 cm³/mol. The number of hydrogen-bond acceptors (Lipinski definition) is 5. The molecule has 1 N–H and O–H groups in total. The summed E-state index contributed by atoms with van der Waals surface area (Å²) in [6.45, 7) is 6.43.